The smallest absolute Gasteiger partial charge is 0.325 e. The highest BCUT2D eigenvalue weighted by Crippen LogP contribution is 2.53. The highest BCUT2D eigenvalue weighted by atomic mass is 35.5. The third kappa shape index (κ3) is 4.41. The van der Waals surface area contributed by atoms with Crippen LogP contribution in [0.3, 0.4) is 0 Å². The lowest BCUT2D eigenvalue weighted by atomic mass is 9.99. The molecule has 0 radical (unpaired) electrons. The molecule has 4 rings (SSSR count). The van der Waals surface area contributed by atoms with Gasteiger partial charge < -0.3 is 10.0 Å². The third-order valence-electron chi connectivity index (χ3n) is 5.61. The number of rotatable bonds is 7. The van der Waals surface area contributed by atoms with Gasteiger partial charge in [-0.05, 0) is 47.9 Å². The van der Waals surface area contributed by atoms with Crippen LogP contribution in [0.1, 0.15) is 28.3 Å². The van der Waals surface area contributed by atoms with Gasteiger partial charge in [0.1, 0.15) is 9.75 Å². The van der Waals surface area contributed by atoms with Gasteiger partial charge in [0.2, 0.25) is 0 Å². The van der Waals surface area contributed by atoms with Crippen LogP contribution in [0.2, 0.25) is 5.02 Å². The summed E-state index contributed by atoms with van der Waals surface area (Å²) in [6.45, 7) is 0. The monoisotopic (exact) mass is 504 g/mol. The number of carbonyl (C=O) groups excluding carboxylic acids is 1. The summed E-state index contributed by atoms with van der Waals surface area (Å²) >= 11 is 6.96. The second kappa shape index (κ2) is 8.57. The maximum absolute atomic E-state index is 13.1. The van der Waals surface area contributed by atoms with E-state index in [4.69, 9.17) is 11.6 Å². The van der Waals surface area contributed by atoms with Gasteiger partial charge in [0.25, 0.3) is 15.9 Å². The third-order valence-corrected chi connectivity index (χ3v) is 8.99. The zero-order valence-corrected chi connectivity index (χ0v) is 20.2. The Hall–Kier alpha value is -2.72. The fourth-order valence-electron chi connectivity index (χ4n) is 3.79. The lowest BCUT2D eigenvalue weighted by Crippen LogP contribution is -2.44. The van der Waals surface area contributed by atoms with Gasteiger partial charge in [0.05, 0.1) is 0 Å². The molecule has 0 bridgehead atoms. The Bertz CT molecular complexity index is 1330. The van der Waals surface area contributed by atoms with Gasteiger partial charge in [-0.15, -0.1) is 11.3 Å². The highest BCUT2D eigenvalue weighted by Gasteiger charge is 2.64. The second-order valence-corrected chi connectivity index (χ2v) is 11.5. The molecule has 7 nitrogen and oxygen atoms in total. The SMILES string of the molecule is CN(C)C(=O)c1ccccc1[C@@H]1C[C@]1(NS(=O)(=O)c1ccc(-c2ccc(Cl)cc2)s1)C(=O)O. The molecule has 1 aromatic heterocycles. The summed E-state index contributed by atoms with van der Waals surface area (Å²) < 4.78 is 28.7. The number of carboxylic acids is 1. The van der Waals surface area contributed by atoms with Crippen molar-refractivity contribution >= 4 is 44.8 Å². The number of hydrogen-bond donors (Lipinski definition) is 2. The van der Waals surface area contributed by atoms with Crippen LogP contribution in [0.4, 0.5) is 0 Å². The number of thiophene rings is 1. The summed E-state index contributed by atoms with van der Waals surface area (Å²) in [6, 6.07) is 16.8. The molecular formula is C23H21ClN2O5S2. The number of amides is 1. The summed E-state index contributed by atoms with van der Waals surface area (Å²) in [7, 11) is -0.909. The first kappa shape index (κ1) is 23.4. The average Bonchev–Trinajstić information content (AvgIpc) is 3.26. The number of carboxylic acid groups (broad SMARTS) is 1. The van der Waals surface area contributed by atoms with Gasteiger partial charge in [-0.25, -0.2) is 8.42 Å². The maximum Gasteiger partial charge on any atom is 0.325 e. The van der Waals surface area contributed by atoms with Crippen molar-refractivity contribution in [3.8, 4) is 10.4 Å². The summed E-state index contributed by atoms with van der Waals surface area (Å²) in [5.74, 6) is -2.22. The first-order chi connectivity index (χ1) is 15.5. The molecule has 0 aliphatic heterocycles. The quantitative estimate of drug-likeness (QED) is 0.505. The van der Waals surface area contributed by atoms with Crippen molar-refractivity contribution in [2.75, 3.05) is 14.1 Å². The summed E-state index contributed by atoms with van der Waals surface area (Å²) in [4.78, 5) is 26.9. The molecule has 33 heavy (non-hydrogen) atoms. The zero-order chi connectivity index (χ0) is 24.0. The number of nitrogens with one attached hydrogen (secondary N) is 1. The van der Waals surface area contributed by atoms with Crippen LogP contribution >= 0.6 is 22.9 Å². The standard InChI is InChI=1S/C23H21ClN2O5S2/c1-26(2)21(27)17-6-4-3-5-16(17)18-13-23(18,22(28)29)25-33(30,31)20-12-11-19(32-20)14-7-9-15(24)10-8-14/h3-12,18,25H,13H2,1-2H3,(H,28,29)/t18-,23+/m0/s1. The summed E-state index contributed by atoms with van der Waals surface area (Å²) in [5.41, 5.74) is -0.0455. The first-order valence-corrected chi connectivity index (χ1v) is 12.7. The molecule has 1 heterocycles. The number of aliphatic carboxylic acids is 1. The van der Waals surface area contributed by atoms with Crippen molar-refractivity contribution in [1.82, 2.24) is 9.62 Å². The molecule has 0 spiro atoms. The van der Waals surface area contributed by atoms with Crippen LogP contribution in [0.15, 0.2) is 64.9 Å². The Kier molecular flexibility index (Phi) is 6.09. The lowest BCUT2D eigenvalue weighted by Gasteiger charge is -2.17. The Morgan fingerprint density at radius 3 is 2.39 bits per heavy atom. The molecule has 1 fully saturated rings. The molecule has 0 unspecified atom stereocenters. The van der Waals surface area contributed by atoms with E-state index < -0.39 is 27.4 Å². The fourth-order valence-corrected chi connectivity index (χ4v) is 6.63. The van der Waals surface area contributed by atoms with Crippen molar-refractivity contribution in [2.24, 2.45) is 0 Å². The molecule has 172 valence electrons. The lowest BCUT2D eigenvalue weighted by molar-refractivity contribution is -0.140. The fraction of sp³-hybridized carbons (Fsp3) is 0.217. The van der Waals surface area contributed by atoms with Crippen LogP contribution in [0, 0.1) is 0 Å². The molecule has 1 aliphatic carbocycles. The van der Waals surface area contributed by atoms with E-state index in [2.05, 4.69) is 4.72 Å². The molecule has 1 amide bonds. The Morgan fingerprint density at radius 1 is 1.09 bits per heavy atom. The molecule has 1 aliphatic rings. The molecule has 2 atom stereocenters. The van der Waals surface area contributed by atoms with Gasteiger partial charge >= 0.3 is 5.97 Å². The minimum atomic E-state index is -4.12. The van der Waals surface area contributed by atoms with E-state index in [1.807, 2.05) is 0 Å². The topological polar surface area (TPSA) is 104 Å². The van der Waals surface area contributed by atoms with E-state index in [0.29, 0.717) is 21.0 Å². The minimum Gasteiger partial charge on any atom is -0.480 e. The largest absolute Gasteiger partial charge is 0.480 e. The van der Waals surface area contributed by atoms with Crippen LogP contribution in [-0.4, -0.2) is 49.9 Å². The number of sulfonamides is 1. The van der Waals surface area contributed by atoms with Gasteiger partial charge in [0, 0.05) is 35.5 Å². The highest BCUT2D eigenvalue weighted by molar-refractivity contribution is 7.91. The minimum absolute atomic E-state index is 0.0105. The molecule has 1 saturated carbocycles. The van der Waals surface area contributed by atoms with E-state index in [-0.39, 0.29) is 16.5 Å². The molecular weight excluding hydrogens is 484 g/mol. The van der Waals surface area contributed by atoms with Crippen molar-refractivity contribution in [1.29, 1.82) is 0 Å². The predicted octanol–water partition coefficient (Wildman–Crippen LogP) is 4.06. The van der Waals surface area contributed by atoms with Gasteiger partial charge in [-0.3, -0.25) is 9.59 Å². The van der Waals surface area contributed by atoms with Crippen molar-refractivity contribution in [3.05, 3.63) is 76.8 Å². The van der Waals surface area contributed by atoms with Crippen molar-refractivity contribution in [3.63, 3.8) is 0 Å². The number of halogens is 1. The average molecular weight is 505 g/mol. The molecule has 2 aromatic carbocycles. The normalized spacial score (nSPS) is 19.8. The molecule has 0 saturated heterocycles. The number of nitrogens with zero attached hydrogens (tertiary/aromatic N) is 1. The summed E-state index contributed by atoms with van der Waals surface area (Å²) in [5, 5.41) is 10.5. The van der Waals surface area contributed by atoms with Crippen LogP contribution < -0.4 is 4.72 Å². The van der Waals surface area contributed by atoms with Crippen molar-refractivity contribution in [2.45, 2.75) is 22.1 Å². The molecule has 3 aromatic rings. The van der Waals surface area contributed by atoms with Gasteiger partial charge in [-0.1, -0.05) is 41.9 Å². The first-order valence-electron chi connectivity index (χ1n) is 9.99. The van der Waals surface area contributed by atoms with E-state index >= 15 is 0 Å². The van der Waals surface area contributed by atoms with E-state index in [9.17, 15) is 23.1 Å². The van der Waals surface area contributed by atoms with Crippen molar-refractivity contribution < 1.29 is 23.1 Å². The van der Waals surface area contributed by atoms with Crippen LogP contribution in [0.5, 0.6) is 0 Å². The number of hydrogen-bond acceptors (Lipinski definition) is 5. The second-order valence-electron chi connectivity index (χ2n) is 8.05. The van der Waals surface area contributed by atoms with E-state index in [1.54, 1.807) is 68.7 Å². The van der Waals surface area contributed by atoms with E-state index in [0.717, 1.165) is 16.9 Å². The molecule has 2 N–H and O–H groups in total. The maximum atomic E-state index is 13.1. The number of carbonyl (C=O) groups is 2. The predicted molar refractivity (Wildman–Crippen MR) is 127 cm³/mol. The Labute approximate surface area is 200 Å². The van der Waals surface area contributed by atoms with Crippen LogP contribution in [-0.2, 0) is 14.8 Å². The van der Waals surface area contributed by atoms with Gasteiger partial charge in [0.15, 0.2) is 0 Å². The van der Waals surface area contributed by atoms with Gasteiger partial charge in [-0.2, -0.15) is 4.72 Å². The summed E-state index contributed by atoms with van der Waals surface area (Å²) in [6.07, 6.45) is 0.0503. The van der Waals surface area contributed by atoms with Crippen LogP contribution in [0.25, 0.3) is 10.4 Å². The number of benzene rings is 2. The Balaban J connectivity index is 1.64. The Morgan fingerprint density at radius 2 is 1.76 bits per heavy atom. The molecule has 10 heteroatoms. The zero-order valence-electron chi connectivity index (χ0n) is 17.8. The van der Waals surface area contributed by atoms with E-state index in [1.165, 1.54) is 11.0 Å².